The molecule has 0 saturated heterocycles. The Morgan fingerprint density at radius 2 is 1.43 bits per heavy atom. The van der Waals surface area contributed by atoms with E-state index in [0.717, 1.165) is 19.3 Å². The molecule has 0 spiro atoms. The van der Waals surface area contributed by atoms with Gasteiger partial charge in [-0.2, -0.15) is 0 Å². The molecule has 0 aliphatic rings. The molecule has 9 heteroatoms. The molecule has 0 rings (SSSR count). The number of carbonyl (C=O) groups excluding carboxylic acids is 1. The number of aliphatic hydroxyl groups excluding tert-OH is 2. The minimum atomic E-state index is -4.81. The van der Waals surface area contributed by atoms with Crippen molar-refractivity contribution in [2.45, 2.75) is 83.3 Å². The van der Waals surface area contributed by atoms with Gasteiger partial charge in [0.15, 0.2) is 11.9 Å². The number of nitrogens with zero attached hydrogens (tertiary/aromatic N) is 1. The van der Waals surface area contributed by atoms with Crippen molar-refractivity contribution < 1.29 is 38.0 Å². The van der Waals surface area contributed by atoms with Crippen LogP contribution in [0.3, 0.4) is 0 Å². The number of quaternary nitrogens is 1. The van der Waals surface area contributed by atoms with Gasteiger partial charge in [-0.1, -0.05) is 68.4 Å². The van der Waals surface area contributed by atoms with E-state index in [9.17, 15) is 19.4 Å². The third kappa shape index (κ3) is 23.5. The summed E-state index contributed by atoms with van der Waals surface area (Å²) < 4.78 is 22.1. The van der Waals surface area contributed by atoms with Crippen LogP contribution < -0.4 is 4.89 Å². The first-order chi connectivity index (χ1) is 17.5. The second-order valence-electron chi connectivity index (χ2n) is 10.1. The zero-order valence-electron chi connectivity index (χ0n) is 23.3. The van der Waals surface area contributed by atoms with Crippen LogP contribution in [0.1, 0.15) is 71.1 Å². The Bertz CT molecular complexity index is 756. The summed E-state index contributed by atoms with van der Waals surface area (Å²) in [6.07, 6.45) is 23.8. The first-order valence-electron chi connectivity index (χ1n) is 13.4. The van der Waals surface area contributed by atoms with Crippen LogP contribution in [0, 0.1) is 0 Å². The molecule has 0 aliphatic heterocycles. The predicted octanol–water partition coefficient (Wildman–Crippen LogP) is 4.63. The molecule has 2 N–H and O–H groups in total. The maximum Gasteiger partial charge on any atom is 0.268 e. The Morgan fingerprint density at radius 3 is 1.92 bits per heavy atom. The Labute approximate surface area is 224 Å². The number of likely N-dealkylation sites (N-methyl/N-ethyl adjacent to an activating group) is 1. The molecule has 8 nitrogen and oxygen atoms in total. The van der Waals surface area contributed by atoms with Gasteiger partial charge in [0.2, 0.25) is 0 Å². The summed E-state index contributed by atoms with van der Waals surface area (Å²) in [4.78, 5) is 24.8. The summed E-state index contributed by atoms with van der Waals surface area (Å²) in [5, 5.41) is 18.1. The van der Waals surface area contributed by atoms with Gasteiger partial charge in [0.1, 0.15) is 12.6 Å². The number of aliphatic hydroxyl groups is 2. The lowest BCUT2D eigenvalue weighted by Crippen LogP contribution is -2.45. The second-order valence-corrected chi connectivity index (χ2v) is 11.5. The van der Waals surface area contributed by atoms with Crippen LogP contribution in [-0.2, 0) is 18.4 Å². The van der Waals surface area contributed by atoms with Gasteiger partial charge in [0.05, 0.1) is 34.4 Å². The number of carbonyl (C=O) groups is 1. The van der Waals surface area contributed by atoms with Crippen molar-refractivity contribution in [1.82, 2.24) is 0 Å². The highest BCUT2D eigenvalue weighted by Crippen LogP contribution is 2.40. The third-order valence-corrected chi connectivity index (χ3v) is 6.19. The Morgan fingerprint density at radius 1 is 0.919 bits per heavy atom. The van der Waals surface area contributed by atoms with Crippen molar-refractivity contribution in [1.29, 1.82) is 0 Å². The molecule has 0 amide bonds. The van der Waals surface area contributed by atoms with Crippen molar-refractivity contribution in [3.63, 3.8) is 0 Å². The number of allylic oxidation sites excluding steroid dienone is 8. The van der Waals surface area contributed by atoms with Gasteiger partial charge < -0.3 is 28.6 Å². The number of ketones is 1. The molecule has 214 valence electrons. The fraction of sp³-hybridized carbons (Fsp3) is 0.679. The highest BCUT2D eigenvalue weighted by molar-refractivity contribution is 7.45. The zero-order chi connectivity index (χ0) is 28.0. The van der Waals surface area contributed by atoms with Gasteiger partial charge in [-0.25, -0.2) is 0 Å². The topological polar surface area (TPSA) is 116 Å². The molecule has 0 heterocycles. The number of unbranched alkanes of at least 4 members (excludes halogenated alkanes) is 4. The van der Waals surface area contributed by atoms with Gasteiger partial charge in [0.25, 0.3) is 7.82 Å². The van der Waals surface area contributed by atoms with Gasteiger partial charge in [0, 0.05) is 6.42 Å². The van der Waals surface area contributed by atoms with Crippen LogP contribution in [0.2, 0.25) is 0 Å². The number of phosphoric acid groups is 1. The standard InChI is InChI=1S/C28H50NO7P/c1-5-6-7-8-9-10-11-12-13-14-15-16-17-18-19-20-21-22-27(32)28(23-29(2,3)4)36-37(33,34)35-25-26(31)24-30/h9-10,12-13,15-16,18-19,26,28,30-31H,5-8,11,14,17,20-25H2,1-4H3/b10-9-,13-12-,16-15-,19-18-/t26-,28?/m1/s1/i27+2. The first-order valence-corrected chi connectivity index (χ1v) is 14.8. The normalized spacial score (nSPS) is 16.3. The van der Waals surface area contributed by atoms with E-state index >= 15 is 0 Å². The van der Waals surface area contributed by atoms with Crippen LogP contribution in [0.4, 0.5) is 0 Å². The number of rotatable bonds is 23. The minimum absolute atomic E-state index is 0.154. The average Bonchev–Trinajstić information content (AvgIpc) is 2.82. The number of Topliss-reactive ketones (excluding diaryl/α,β-unsaturated/α-hetero) is 1. The number of phosphoric ester groups is 1. The van der Waals surface area contributed by atoms with Crippen LogP contribution in [0.25, 0.3) is 0 Å². The fourth-order valence-corrected chi connectivity index (χ4v) is 4.14. The molecule has 0 aliphatic carbocycles. The smallest absolute Gasteiger partial charge is 0.268 e. The molecule has 0 bridgehead atoms. The minimum Gasteiger partial charge on any atom is -0.756 e. The lowest BCUT2D eigenvalue weighted by Gasteiger charge is -2.32. The SMILES string of the molecule is CCCCC/C=C\C/C=C\C/C=C\C/C=C\CCC[14C](=O)C(C[N+](C)(C)C)OP(=O)([O-])OC[C@H](O)CO. The molecule has 0 aromatic carbocycles. The third-order valence-electron chi connectivity index (χ3n) is 5.22. The van der Waals surface area contributed by atoms with Gasteiger partial charge >= 0.3 is 0 Å². The summed E-state index contributed by atoms with van der Waals surface area (Å²) in [6.45, 7) is 1.10. The van der Waals surface area contributed by atoms with E-state index in [4.69, 9.17) is 9.63 Å². The first kappa shape index (κ1) is 35.6. The molecule has 0 fully saturated rings. The van der Waals surface area contributed by atoms with Gasteiger partial charge in [-0.05, 0) is 44.9 Å². The summed E-state index contributed by atoms with van der Waals surface area (Å²) >= 11 is 0. The fourth-order valence-electron chi connectivity index (χ4n) is 3.22. The highest BCUT2D eigenvalue weighted by atomic mass is 31.2. The molecular weight excluding hydrogens is 495 g/mol. The van der Waals surface area contributed by atoms with Crippen molar-refractivity contribution in [3.8, 4) is 0 Å². The highest BCUT2D eigenvalue weighted by Gasteiger charge is 2.30. The van der Waals surface area contributed by atoms with Crippen LogP contribution in [-0.4, -0.2) is 73.6 Å². The molecule has 0 aromatic rings. The van der Waals surface area contributed by atoms with E-state index in [1.807, 2.05) is 27.2 Å². The zero-order valence-corrected chi connectivity index (χ0v) is 24.2. The van der Waals surface area contributed by atoms with Crippen molar-refractivity contribution in [3.05, 3.63) is 48.6 Å². The number of hydrogen-bond donors (Lipinski definition) is 2. The predicted molar refractivity (Wildman–Crippen MR) is 148 cm³/mol. The Kier molecular flexibility index (Phi) is 20.7. The van der Waals surface area contributed by atoms with Crippen molar-refractivity contribution in [2.24, 2.45) is 0 Å². The second kappa shape index (κ2) is 21.5. The van der Waals surface area contributed by atoms with Crippen LogP contribution in [0.5, 0.6) is 0 Å². The molecule has 0 saturated carbocycles. The Hall–Kier alpha value is -1.38. The van der Waals surface area contributed by atoms with Crippen LogP contribution >= 0.6 is 7.82 Å². The molecule has 37 heavy (non-hydrogen) atoms. The maximum absolute atomic E-state index is 12.7. The molecular formula is C28H50NO7P. The van der Waals surface area contributed by atoms with E-state index in [-0.39, 0.29) is 18.7 Å². The van der Waals surface area contributed by atoms with E-state index in [1.54, 1.807) is 0 Å². The molecule has 2 unspecified atom stereocenters. The van der Waals surface area contributed by atoms with Gasteiger partial charge in [-0.15, -0.1) is 0 Å². The average molecular weight is 546 g/mol. The van der Waals surface area contributed by atoms with Crippen LogP contribution in [0.15, 0.2) is 48.6 Å². The van der Waals surface area contributed by atoms with E-state index < -0.39 is 33.2 Å². The maximum atomic E-state index is 12.7. The van der Waals surface area contributed by atoms with Crippen molar-refractivity contribution >= 4 is 13.6 Å². The van der Waals surface area contributed by atoms with Gasteiger partial charge in [-0.3, -0.25) is 9.36 Å². The quantitative estimate of drug-likeness (QED) is 0.0832. The summed E-state index contributed by atoms with van der Waals surface area (Å²) in [5.74, 6) is -0.314. The lowest BCUT2D eigenvalue weighted by molar-refractivity contribution is -0.872. The summed E-state index contributed by atoms with van der Waals surface area (Å²) in [7, 11) is 0.669. The van der Waals surface area contributed by atoms with E-state index in [2.05, 4.69) is 54.0 Å². The summed E-state index contributed by atoms with van der Waals surface area (Å²) in [6, 6.07) is 0. The van der Waals surface area contributed by atoms with Crippen molar-refractivity contribution in [2.75, 3.05) is 40.9 Å². The monoisotopic (exact) mass is 545 g/mol. The van der Waals surface area contributed by atoms with E-state index in [0.29, 0.717) is 17.3 Å². The summed E-state index contributed by atoms with van der Waals surface area (Å²) in [5.41, 5.74) is 0. The van der Waals surface area contributed by atoms with E-state index in [1.165, 1.54) is 25.7 Å². The molecule has 0 aromatic heterocycles. The molecule has 3 atom stereocenters. The number of hydrogen-bond acceptors (Lipinski definition) is 7. The molecule has 0 radical (unpaired) electrons. The Balaban J connectivity index is 4.30. The largest absolute Gasteiger partial charge is 0.756 e. The lowest BCUT2D eigenvalue weighted by atomic mass is 10.2.